The highest BCUT2D eigenvalue weighted by atomic mass is 32.2. The van der Waals surface area contributed by atoms with Crippen molar-refractivity contribution in [3.8, 4) is 0 Å². The SMILES string of the molecule is CC(C)CCC[C@@H](C)NC(=O)CN1CCN(S(=O)(=O)c2ccccc2F)CC1. The summed E-state index contributed by atoms with van der Waals surface area (Å²) in [5.74, 6) is -0.113. The van der Waals surface area contributed by atoms with Crippen LogP contribution in [0.3, 0.4) is 0 Å². The van der Waals surface area contributed by atoms with Crippen molar-refractivity contribution in [2.75, 3.05) is 32.7 Å². The Bertz CT molecular complexity index is 747. The van der Waals surface area contributed by atoms with E-state index in [0.717, 1.165) is 25.3 Å². The van der Waals surface area contributed by atoms with Crippen LogP contribution in [0, 0.1) is 11.7 Å². The van der Waals surface area contributed by atoms with Crippen LogP contribution in [0.4, 0.5) is 4.39 Å². The second-order valence-corrected chi connectivity index (χ2v) is 9.81. The van der Waals surface area contributed by atoms with Crippen molar-refractivity contribution < 1.29 is 17.6 Å². The van der Waals surface area contributed by atoms with Crippen molar-refractivity contribution >= 4 is 15.9 Å². The van der Waals surface area contributed by atoms with E-state index in [-0.39, 0.29) is 36.5 Å². The molecule has 0 saturated carbocycles. The number of hydrogen-bond donors (Lipinski definition) is 1. The number of hydrogen-bond acceptors (Lipinski definition) is 4. The summed E-state index contributed by atoms with van der Waals surface area (Å²) in [6, 6.07) is 5.54. The second-order valence-electron chi connectivity index (χ2n) is 7.90. The molecule has 0 aliphatic carbocycles. The maximum absolute atomic E-state index is 13.9. The van der Waals surface area contributed by atoms with E-state index in [1.54, 1.807) is 0 Å². The number of halogens is 1. The van der Waals surface area contributed by atoms with Gasteiger partial charge in [0, 0.05) is 32.2 Å². The van der Waals surface area contributed by atoms with Crippen LogP contribution in [-0.2, 0) is 14.8 Å². The Labute approximate surface area is 168 Å². The summed E-state index contributed by atoms with van der Waals surface area (Å²) in [6.07, 6.45) is 3.20. The Balaban J connectivity index is 1.79. The van der Waals surface area contributed by atoms with E-state index >= 15 is 0 Å². The molecule has 1 heterocycles. The van der Waals surface area contributed by atoms with Crippen molar-refractivity contribution in [1.82, 2.24) is 14.5 Å². The normalized spacial score (nSPS) is 17.6. The third kappa shape index (κ3) is 6.53. The second kappa shape index (κ2) is 10.3. The molecule has 1 aromatic rings. The number of nitrogens with zero attached hydrogens (tertiary/aromatic N) is 2. The molecule has 1 aliphatic heterocycles. The third-order valence-electron chi connectivity index (χ3n) is 4.98. The molecule has 1 atom stereocenters. The predicted octanol–water partition coefficient (Wildman–Crippen LogP) is 2.46. The Morgan fingerprint density at radius 1 is 1.11 bits per heavy atom. The van der Waals surface area contributed by atoms with Gasteiger partial charge >= 0.3 is 0 Å². The van der Waals surface area contributed by atoms with Crippen LogP contribution in [0.25, 0.3) is 0 Å². The number of carbonyl (C=O) groups excluding carboxylic acids is 1. The van der Waals surface area contributed by atoms with Crippen molar-refractivity contribution in [2.24, 2.45) is 5.92 Å². The lowest BCUT2D eigenvalue weighted by atomic mass is 10.0. The lowest BCUT2D eigenvalue weighted by Crippen LogP contribution is -2.51. The van der Waals surface area contributed by atoms with E-state index in [9.17, 15) is 17.6 Å². The molecular weight excluding hydrogens is 381 g/mol. The monoisotopic (exact) mass is 413 g/mol. The fourth-order valence-electron chi connectivity index (χ4n) is 3.35. The molecule has 1 aromatic carbocycles. The molecule has 1 aliphatic rings. The van der Waals surface area contributed by atoms with E-state index in [4.69, 9.17) is 0 Å². The number of benzene rings is 1. The average Bonchev–Trinajstić information content (AvgIpc) is 2.62. The molecule has 1 saturated heterocycles. The quantitative estimate of drug-likeness (QED) is 0.675. The number of nitrogens with one attached hydrogen (secondary N) is 1. The van der Waals surface area contributed by atoms with Gasteiger partial charge in [-0.25, -0.2) is 12.8 Å². The van der Waals surface area contributed by atoms with Gasteiger partial charge in [0.25, 0.3) is 0 Å². The van der Waals surface area contributed by atoms with Gasteiger partial charge in [0.15, 0.2) is 0 Å². The topological polar surface area (TPSA) is 69.7 Å². The summed E-state index contributed by atoms with van der Waals surface area (Å²) in [6.45, 7) is 8.03. The molecular formula is C20H32FN3O3S. The fraction of sp³-hybridized carbons (Fsp3) is 0.650. The summed E-state index contributed by atoms with van der Waals surface area (Å²) >= 11 is 0. The molecule has 1 N–H and O–H groups in total. The smallest absolute Gasteiger partial charge is 0.246 e. The summed E-state index contributed by atoms with van der Waals surface area (Å²) in [5, 5.41) is 3.01. The van der Waals surface area contributed by atoms with Crippen LogP contribution >= 0.6 is 0 Å². The van der Waals surface area contributed by atoms with Crippen molar-refractivity contribution in [2.45, 2.75) is 51.0 Å². The number of piperazine rings is 1. The zero-order valence-electron chi connectivity index (χ0n) is 17.0. The van der Waals surface area contributed by atoms with Gasteiger partial charge in [0.2, 0.25) is 15.9 Å². The summed E-state index contributed by atoms with van der Waals surface area (Å²) in [7, 11) is -3.85. The van der Waals surface area contributed by atoms with Crippen molar-refractivity contribution in [3.63, 3.8) is 0 Å². The van der Waals surface area contributed by atoms with Crippen LogP contribution in [0.2, 0.25) is 0 Å². The van der Waals surface area contributed by atoms with Gasteiger partial charge in [-0.15, -0.1) is 0 Å². The lowest BCUT2D eigenvalue weighted by molar-refractivity contribution is -0.123. The van der Waals surface area contributed by atoms with Crippen LogP contribution in [0.5, 0.6) is 0 Å². The number of amides is 1. The summed E-state index contributed by atoms with van der Waals surface area (Å²) in [5.41, 5.74) is 0. The molecule has 2 rings (SSSR count). The number of rotatable bonds is 9. The molecule has 0 aromatic heterocycles. The predicted molar refractivity (Wildman–Crippen MR) is 108 cm³/mol. The lowest BCUT2D eigenvalue weighted by Gasteiger charge is -2.33. The van der Waals surface area contributed by atoms with Crippen LogP contribution in [-0.4, -0.2) is 62.3 Å². The molecule has 28 heavy (non-hydrogen) atoms. The van der Waals surface area contributed by atoms with Crippen molar-refractivity contribution in [1.29, 1.82) is 0 Å². The van der Waals surface area contributed by atoms with Gasteiger partial charge in [-0.1, -0.05) is 38.8 Å². The molecule has 0 bridgehead atoms. The van der Waals surface area contributed by atoms with E-state index in [0.29, 0.717) is 19.0 Å². The highest BCUT2D eigenvalue weighted by Gasteiger charge is 2.30. The first-order chi connectivity index (χ1) is 13.2. The largest absolute Gasteiger partial charge is 0.353 e. The minimum atomic E-state index is -3.85. The highest BCUT2D eigenvalue weighted by molar-refractivity contribution is 7.89. The first-order valence-corrected chi connectivity index (χ1v) is 11.4. The van der Waals surface area contributed by atoms with Crippen LogP contribution < -0.4 is 5.32 Å². The molecule has 0 spiro atoms. The van der Waals surface area contributed by atoms with E-state index in [1.807, 2.05) is 11.8 Å². The Morgan fingerprint density at radius 2 is 1.75 bits per heavy atom. The summed E-state index contributed by atoms with van der Waals surface area (Å²) in [4.78, 5) is 13.9. The standard InChI is InChI=1S/C20H32FN3O3S/c1-16(2)7-6-8-17(3)22-20(25)15-23-11-13-24(14-12-23)28(26,27)19-10-5-4-9-18(19)21/h4-5,9-10,16-17H,6-8,11-15H2,1-3H3,(H,22,25)/t17-/m1/s1. The molecule has 1 fully saturated rings. The Morgan fingerprint density at radius 3 is 2.36 bits per heavy atom. The zero-order chi connectivity index (χ0) is 20.7. The van der Waals surface area contributed by atoms with E-state index < -0.39 is 15.8 Å². The van der Waals surface area contributed by atoms with Gasteiger partial charge in [0.1, 0.15) is 10.7 Å². The average molecular weight is 414 g/mol. The maximum Gasteiger partial charge on any atom is 0.246 e. The highest BCUT2D eigenvalue weighted by Crippen LogP contribution is 2.20. The molecule has 0 unspecified atom stereocenters. The molecule has 0 radical (unpaired) electrons. The zero-order valence-corrected chi connectivity index (χ0v) is 17.8. The fourth-order valence-corrected chi connectivity index (χ4v) is 4.84. The number of sulfonamides is 1. The maximum atomic E-state index is 13.9. The van der Waals surface area contributed by atoms with E-state index in [1.165, 1.54) is 22.5 Å². The van der Waals surface area contributed by atoms with E-state index in [2.05, 4.69) is 19.2 Å². The van der Waals surface area contributed by atoms with Crippen LogP contribution in [0.15, 0.2) is 29.2 Å². The minimum absolute atomic E-state index is 0.0394. The van der Waals surface area contributed by atoms with Gasteiger partial charge in [-0.3, -0.25) is 9.69 Å². The van der Waals surface area contributed by atoms with Gasteiger partial charge in [-0.2, -0.15) is 4.31 Å². The summed E-state index contributed by atoms with van der Waals surface area (Å²) < 4.78 is 40.4. The molecule has 6 nitrogen and oxygen atoms in total. The van der Waals surface area contributed by atoms with Gasteiger partial charge < -0.3 is 5.32 Å². The first kappa shape index (κ1) is 22.8. The third-order valence-corrected chi connectivity index (χ3v) is 6.91. The molecule has 8 heteroatoms. The molecule has 1 amide bonds. The Hall–Kier alpha value is -1.51. The van der Waals surface area contributed by atoms with Crippen LogP contribution in [0.1, 0.15) is 40.0 Å². The molecule has 158 valence electrons. The Kier molecular flexibility index (Phi) is 8.39. The van der Waals surface area contributed by atoms with Gasteiger partial charge in [0.05, 0.1) is 6.54 Å². The minimum Gasteiger partial charge on any atom is -0.353 e. The van der Waals surface area contributed by atoms with Crippen molar-refractivity contribution in [3.05, 3.63) is 30.1 Å². The van der Waals surface area contributed by atoms with Gasteiger partial charge in [-0.05, 0) is 31.4 Å². The number of carbonyl (C=O) groups is 1. The first-order valence-electron chi connectivity index (χ1n) is 9.96.